The summed E-state index contributed by atoms with van der Waals surface area (Å²) in [5.74, 6) is 0. The summed E-state index contributed by atoms with van der Waals surface area (Å²) < 4.78 is 0. The van der Waals surface area contributed by atoms with Crippen molar-refractivity contribution in [3.63, 3.8) is 0 Å². The molecule has 0 atom stereocenters. The van der Waals surface area contributed by atoms with Gasteiger partial charge in [-0.1, -0.05) is 77.1 Å². The molecule has 34 heavy (non-hydrogen) atoms. The zero-order valence-electron chi connectivity index (χ0n) is 23.1. The van der Waals surface area contributed by atoms with Crippen molar-refractivity contribution >= 4 is 39.8 Å². The minimum atomic E-state index is -1.14. The van der Waals surface area contributed by atoms with Gasteiger partial charge in [0.05, 0.1) is 0 Å². The molecule has 0 saturated carbocycles. The molecule has 0 heterocycles. The van der Waals surface area contributed by atoms with Crippen LogP contribution in [0.1, 0.15) is 16.7 Å². The summed E-state index contributed by atoms with van der Waals surface area (Å²) in [6.07, 6.45) is 0. The quantitative estimate of drug-likeness (QED) is 0.212. The largest absolute Gasteiger partial charge is 3.00 e. The number of hydrogen-bond acceptors (Lipinski definition) is 0. The third-order valence-electron chi connectivity index (χ3n) is 5.48. The molecular formula is C30H45LaSi3. The van der Waals surface area contributed by atoms with Crippen LogP contribution in [0.5, 0.6) is 0 Å². The van der Waals surface area contributed by atoms with Gasteiger partial charge in [-0.2, -0.15) is 71.2 Å². The number of hydrogen-bond donors (Lipinski definition) is 0. The van der Waals surface area contributed by atoms with E-state index in [9.17, 15) is 0 Å². The Morgan fingerprint density at radius 3 is 0.676 bits per heavy atom. The molecule has 0 radical (unpaired) electrons. The summed E-state index contributed by atoms with van der Waals surface area (Å²) in [4.78, 5) is 0. The van der Waals surface area contributed by atoms with Crippen LogP contribution in [0.3, 0.4) is 0 Å². The average molecular weight is 629 g/mol. The van der Waals surface area contributed by atoms with Crippen LogP contribution in [0.2, 0.25) is 58.9 Å². The van der Waals surface area contributed by atoms with Gasteiger partial charge in [-0.25, -0.2) is 0 Å². The van der Waals surface area contributed by atoms with Gasteiger partial charge in [0.1, 0.15) is 0 Å². The van der Waals surface area contributed by atoms with E-state index >= 15 is 0 Å². The smallest absolute Gasteiger partial charge is 0.199 e. The molecule has 0 nitrogen and oxygen atoms in total. The van der Waals surface area contributed by atoms with Gasteiger partial charge in [0.2, 0.25) is 0 Å². The SMILES string of the molecule is [CH2-]c1ccccc1[Si](C)(C)C.[CH2-]c1ccccc1[Si](C)(C)C.[CH2-]c1ccccc1[Si](C)(C)C.[La+3]. The van der Waals surface area contributed by atoms with Crippen LogP contribution in [0.25, 0.3) is 0 Å². The molecule has 0 amide bonds. The average Bonchev–Trinajstić information content (AvgIpc) is 2.67. The second-order valence-corrected chi connectivity index (χ2v) is 26.8. The molecular weight excluding hydrogens is 583 g/mol. The summed E-state index contributed by atoms with van der Waals surface area (Å²) in [6, 6.07) is 25.3. The number of benzene rings is 3. The molecule has 0 bridgehead atoms. The van der Waals surface area contributed by atoms with Gasteiger partial charge in [0.25, 0.3) is 0 Å². The summed E-state index contributed by atoms with van der Waals surface area (Å²) in [5.41, 5.74) is 3.60. The molecule has 0 N–H and O–H groups in total. The van der Waals surface area contributed by atoms with Gasteiger partial charge in [-0.05, 0) is 0 Å². The van der Waals surface area contributed by atoms with Crippen LogP contribution in [-0.4, -0.2) is 24.2 Å². The maximum Gasteiger partial charge on any atom is 3.00 e. The van der Waals surface area contributed by atoms with Gasteiger partial charge in [0, 0.05) is 24.2 Å². The van der Waals surface area contributed by atoms with E-state index in [2.05, 4.69) is 134 Å². The molecule has 0 fully saturated rings. The first kappa shape index (κ1) is 33.1. The Bertz CT molecular complexity index is 874. The van der Waals surface area contributed by atoms with Crippen LogP contribution in [0, 0.1) is 56.4 Å². The summed E-state index contributed by atoms with van der Waals surface area (Å²) in [5, 5.41) is 4.42. The molecule has 3 rings (SSSR count). The predicted molar refractivity (Wildman–Crippen MR) is 162 cm³/mol. The van der Waals surface area contributed by atoms with Crippen molar-refractivity contribution in [1.82, 2.24) is 0 Å². The monoisotopic (exact) mass is 628 g/mol. The third-order valence-corrected chi connectivity index (χ3v) is 11.8. The first-order valence-electron chi connectivity index (χ1n) is 11.8. The van der Waals surface area contributed by atoms with E-state index in [1.807, 2.05) is 18.2 Å². The molecule has 0 aliphatic heterocycles. The fourth-order valence-electron chi connectivity index (χ4n) is 3.76. The Kier molecular flexibility index (Phi) is 13.6. The van der Waals surface area contributed by atoms with Crippen molar-refractivity contribution in [3.05, 3.63) is 110 Å². The van der Waals surface area contributed by atoms with Crippen molar-refractivity contribution in [3.8, 4) is 0 Å². The van der Waals surface area contributed by atoms with E-state index in [-0.39, 0.29) is 35.6 Å². The van der Waals surface area contributed by atoms with Crippen LogP contribution < -0.4 is 15.6 Å². The van der Waals surface area contributed by atoms with E-state index in [1.54, 1.807) is 0 Å². The third kappa shape index (κ3) is 11.2. The van der Waals surface area contributed by atoms with Gasteiger partial charge in [-0.15, -0.1) is 36.4 Å². The van der Waals surface area contributed by atoms with Gasteiger partial charge >= 0.3 is 35.6 Å². The van der Waals surface area contributed by atoms with Crippen molar-refractivity contribution in [2.24, 2.45) is 0 Å². The fraction of sp³-hybridized carbons (Fsp3) is 0.300. The zero-order valence-corrected chi connectivity index (χ0v) is 29.8. The minimum absolute atomic E-state index is 0. The summed E-state index contributed by atoms with van der Waals surface area (Å²) >= 11 is 0. The molecule has 0 saturated heterocycles. The molecule has 3 aromatic rings. The molecule has 0 aliphatic carbocycles. The fourth-order valence-corrected chi connectivity index (χ4v) is 8.68. The Labute approximate surface area is 242 Å². The number of rotatable bonds is 3. The molecule has 3 aromatic carbocycles. The van der Waals surface area contributed by atoms with Crippen molar-refractivity contribution in [2.75, 3.05) is 0 Å². The standard InChI is InChI=1S/3C10H15Si.La/c3*1-9-7-5-6-8-10(9)11(2,3)4;/h3*5-8H,1H2,2-4H3;/q3*-1;+3. The van der Waals surface area contributed by atoms with Crippen LogP contribution in [0.15, 0.2) is 72.8 Å². The molecule has 4 heteroatoms. The summed E-state index contributed by atoms with van der Waals surface area (Å²) in [7, 11) is -3.42. The maximum atomic E-state index is 4.02. The van der Waals surface area contributed by atoms with Crippen molar-refractivity contribution in [1.29, 1.82) is 0 Å². The van der Waals surface area contributed by atoms with Gasteiger partial charge < -0.3 is 0 Å². The van der Waals surface area contributed by atoms with Crippen molar-refractivity contribution in [2.45, 2.75) is 58.9 Å². The normalized spacial score (nSPS) is 11.2. The first-order chi connectivity index (χ1) is 15.0. The molecule has 0 unspecified atom stereocenters. The Morgan fingerprint density at radius 2 is 0.559 bits per heavy atom. The second kappa shape index (κ2) is 14.0. The second-order valence-electron chi connectivity index (χ2n) is 11.7. The first-order valence-corrected chi connectivity index (χ1v) is 22.3. The van der Waals surface area contributed by atoms with E-state index < -0.39 is 24.2 Å². The predicted octanol–water partition coefficient (Wildman–Crippen LogP) is 7.24. The maximum absolute atomic E-state index is 4.02. The van der Waals surface area contributed by atoms with Crippen LogP contribution >= 0.6 is 0 Å². The summed E-state index contributed by atoms with van der Waals surface area (Å²) in [6.45, 7) is 33.2. The Morgan fingerprint density at radius 1 is 0.382 bits per heavy atom. The molecule has 0 spiro atoms. The zero-order chi connectivity index (χ0) is 25.4. The Hall–Kier alpha value is -0.885. The van der Waals surface area contributed by atoms with E-state index in [4.69, 9.17) is 0 Å². The molecule has 0 aromatic heterocycles. The minimum Gasteiger partial charge on any atom is -0.199 e. The van der Waals surface area contributed by atoms with E-state index in [1.165, 1.54) is 32.3 Å². The van der Waals surface area contributed by atoms with Crippen LogP contribution in [-0.2, 0) is 0 Å². The van der Waals surface area contributed by atoms with E-state index in [0.717, 1.165) is 0 Å². The van der Waals surface area contributed by atoms with Crippen molar-refractivity contribution < 1.29 is 35.6 Å². The molecule has 180 valence electrons. The van der Waals surface area contributed by atoms with Crippen LogP contribution in [0.4, 0.5) is 0 Å². The topological polar surface area (TPSA) is 0 Å². The van der Waals surface area contributed by atoms with Gasteiger partial charge in [-0.3, -0.25) is 0 Å². The van der Waals surface area contributed by atoms with Gasteiger partial charge in [0.15, 0.2) is 0 Å². The molecule has 0 aliphatic rings. The Balaban J connectivity index is 0.000000473. The van der Waals surface area contributed by atoms with E-state index in [0.29, 0.717) is 0 Å².